The van der Waals surface area contributed by atoms with E-state index >= 15 is 0 Å². The summed E-state index contributed by atoms with van der Waals surface area (Å²) in [5, 5.41) is 47.3. The number of carbonyl (C=O) groups is 2. The number of nitrogens with zero attached hydrogens (tertiary/aromatic N) is 2. The number of aliphatic hydroxyl groups excluding tert-OH is 2. The second kappa shape index (κ2) is 17.4. The Morgan fingerprint density at radius 2 is 1.63 bits per heavy atom. The molecular formula is C45H49BrN2O8Si. The van der Waals surface area contributed by atoms with E-state index in [1.54, 1.807) is 12.1 Å². The molecule has 1 aliphatic carbocycles. The fraction of sp³-hybridized carbons (Fsp3) is 0.333. The zero-order chi connectivity index (χ0) is 41.1. The largest absolute Gasteiger partial charge is 0.507 e. The summed E-state index contributed by atoms with van der Waals surface area (Å²) in [7, 11) is -3.11. The molecule has 0 bridgehead atoms. The maximum Gasteiger partial charge on any atom is 0.271 e. The number of fused-ring (bicyclic) bond motifs is 1. The lowest BCUT2D eigenvalue weighted by atomic mass is 9.68. The van der Waals surface area contributed by atoms with Crippen molar-refractivity contribution in [2.75, 3.05) is 18.1 Å². The average molecular weight is 854 g/mol. The molecule has 3 N–H and O–H groups in total. The Labute approximate surface area is 342 Å². The van der Waals surface area contributed by atoms with Crippen LogP contribution in [0.4, 0.5) is 11.4 Å². The molecule has 6 rings (SSSR count). The number of allylic oxidation sites excluding steroid dienone is 1. The van der Waals surface area contributed by atoms with Crippen LogP contribution in [0.3, 0.4) is 0 Å². The molecule has 2 amide bonds. The molecule has 1 fully saturated rings. The predicted octanol–water partition coefficient (Wildman–Crippen LogP) is 7.69. The van der Waals surface area contributed by atoms with Crippen LogP contribution in [0.25, 0.3) is 6.08 Å². The Hall–Kier alpha value is -4.72. The van der Waals surface area contributed by atoms with Crippen LogP contribution in [-0.4, -0.2) is 59.7 Å². The Balaban J connectivity index is 1.44. The van der Waals surface area contributed by atoms with Gasteiger partial charge < -0.3 is 19.7 Å². The van der Waals surface area contributed by atoms with E-state index < -0.39 is 55.5 Å². The molecule has 0 spiro atoms. The quantitative estimate of drug-likeness (QED) is 0.0385. The molecule has 0 aromatic heterocycles. The predicted molar refractivity (Wildman–Crippen MR) is 228 cm³/mol. The molecule has 1 aliphatic heterocycles. The summed E-state index contributed by atoms with van der Waals surface area (Å²) in [6.07, 6.45) is 2.25. The Kier molecular flexibility index (Phi) is 12.8. The molecular weight excluding hydrogens is 804 g/mol. The van der Waals surface area contributed by atoms with Crippen LogP contribution < -0.4 is 15.3 Å². The number of phenols is 1. The van der Waals surface area contributed by atoms with Crippen LogP contribution in [0.2, 0.25) is 5.04 Å². The maximum atomic E-state index is 14.3. The number of phenolic OH excluding ortho intramolecular Hbond substituents is 1. The first-order valence-electron chi connectivity index (χ1n) is 19.3. The van der Waals surface area contributed by atoms with Crippen molar-refractivity contribution >= 4 is 63.9 Å². The molecule has 298 valence electrons. The highest BCUT2D eigenvalue weighted by Crippen LogP contribution is 2.48. The molecule has 12 heteroatoms. The maximum absolute atomic E-state index is 14.3. The van der Waals surface area contributed by atoms with Gasteiger partial charge in [-0.2, -0.15) is 0 Å². The van der Waals surface area contributed by atoms with Gasteiger partial charge in [0.1, 0.15) is 5.75 Å². The van der Waals surface area contributed by atoms with Crippen LogP contribution in [0.15, 0.2) is 124 Å². The summed E-state index contributed by atoms with van der Waals surface area (Å²) in [6, 6.07) is 30.9. The van der Waals surface area contributed by atoms with Crippen molar-refractivity contribution in [3.05, 3.63) is 140 Å². The smallest absolute Gasteiger partial charge is 0.271 e. The van der Waals surface area contributed by atoms with Crippen molar-refractivity contribution < 1.29 is 34.3 Å². The fourth-order valence-electron chi connectivity index (χ4n) is 8.74. The first-order chi connectivity index (χ1) is 27.2. The van der Waals surface area contributed by atoms with Crippen molar-refractivity contribution in [2.24, 2.45) is 17.8 Å². The summed E-state index contributed by atoms with van der Waals surface area (Å²) < 4.78 is 8.17. The number of aliphatic hydroxyl groups is 2. The summed E-state index contributed by atoms with van der Waals surface area (Å²) in [5.41, 5.74) is 2.59. The van der Waals surface area contributed by atoms with Crippen LogP contribution in [0, 0.1) is 27.9 Å². The third kappa shape index (κ3) is 8.33. The number of hydrogen-bond acceptors (Lipinski definition) is 8. The summed E-state index contributed by atoms with van der Waals surface area (Å²) in [4.78, 5) is 40.7. The number of carbonyl (C=O) groups excluding carboxylic acids is 2. The third-order valence-corrected chi connectivity index (χ3v) is 16.9. The van der Waals surface area contributed by atoms with E-state index in [2.05, 4.69) is 61.0 Å². The molecule has 1 saturated heterocycles. The van der Waals surface area contributed by atoms with E-state index in [1.807, 2.05) is 55.5 Å². The topological polar surface area (TPSA) is 150 Å². The number of hydrogen-bond donors (Lipinski definition) is 3. The van der Waals surface area contributed by atoms with E-state index in [0.717, 1.165) is 25.3 Å². The minimum absolute atomic E-state index is 0.0417. The van der Waals surface area contributed by atoms with E-state index in [9.17, 15) is 35.0 Å². The van der Waals surface area contributed by atoms with Gasteiger partial charge in [-0.05, 0) is 76.5 Å². The summed E-state index contributed by atoms with van der Waals surface area (Å²) >= 11 is 3.47. The van der Waals surface area contributed by atoms with Gasteiger partial charge in [0.2, 0.25) is 11.8 Å². The molecule has 0 saturated carbocycles. The number of nitro groups is 1. The molecule has 4 aromatic rings. The average Bonchev–Trinajstić information content (AvgIpc) is 3.45. The van der Waals surface area contributed by atoms with Gasteiger partial charge in [-0.25, -0.2) is 4.90 Å². The lowest BCUT2D eigenvalue weighted by molar-refractivity contribution is -0.384. The Bertz CT molecular complexity index is 2150. The Morgan fingerprint density at radius 1 is 0.982 bits per heavy atom. The van der Waals surface area contributed by atoms with Gasteiger partial charge in [0.05, 0.1) is 41.8 Å². The minimum Gasteiger partial charge on any atom is -0.507 e. The summed E-state index contributed by atoms with van der Waals surface area (Å²) in [6.45, 7) is 8.01. The minimum atomic E-state index is -3.11. The number of nitro benzene ring substituents is 1. The summed E-state index contributed by atoms with van der Waals surface area (Å²) in [5.74, 6) is -3.74. The molecule has 0 radical (unpaired) electrons. The van der Waals surface area contributed by atoms with Crippen LogP contribution in [0.5, 0.6) is 5.75 Å². The second-order valence-electron chi connectivity index (χ2n) is 15.8. The Morgan fingerprint density at radius 3 is 2.21 bits per heavy atom. The number of imide groups is 1. The van der Waals surface area contributed by atoms with Crippen molar-refractivity contribution in [2.45, 2.75) is 64.5 Å². The van der Waals surface area contributed by atoms with Gasteiger partial charge in [0.15, 0.2) is 0 Å². The highest BCUT2D eigenvalue weighted by atomic mass is 79.9. The number of non-ortho nitro benzene ring substituents is 1. The van der Waals surface area contributed by atoms with Gasteiger partial charge in [0.25, 0.3) is 14.0 Å². The molecule has 4 aromatic carbocycles. The van der Waals surface area contributed by atoms with Crippen molar-refractivity contribution in [3.63, 3.8) is 0 Å². The van der Waals surface area contributed by atoms with Gasteiger partial charge >= 0.3 is 0 Å². The zero-order valence-electron chi connectivity index (χ0n) is 32.6. The van der Waals surface area contributed by atoms with Crippen molar-refractivity contribution in [3.8, 4) is 5.75 Å². The van der Waals surface area contributed by atoms with Gasteiger partial charge in [-0.1, -0.05) is 122 Å². The standard InChI is InChI=1S/C45H49BrN2O8Si/c1-5-29(23-30-24-32(46)20-22-39(30)50)19-21-40(51)41-31(28-56-57(45(2,3)4,35-15-8-6-9-16-35)36-17-10-7-11-18-36)25-37-42(38(41)27-49)44(53)47(43(37)52)33-13-12-14-34(26-33)48(54)55/h6-18,20,22-24,26,37-38,40,42,49-51H,5,19,21,25,27-28H2,1-4H3/b29-23+/t37-,38+,40-,42-/m1/s1. The lowest BCUT2D eigenvalue weighted by Gasteiger charge is -2.44. The van der Waals surface area contributed by atoms with Crippen molar-refractivity contribution in [1.82, 2.24) is 0 Å². The number of benzene rings is 4. The van der Waals surface area contributed by atoms with Gasteiger partial charge in [0, 0.05) is 28.1 Å². The normalized spacial score (nSPS) is 19.5. The highest BCUT2D eigenvalue weighted by molar-refractivity contribution is 9.10. The highest BCUT2D eigenvalue weighted by Gasteiger charge is 2.56. The number of amides is 2. The number of halogens is 1. The molecule has 0 unspecified atom stereocenters. The SMILES string of the molecule is CC/C(=C\c1cc(Br)ccc1O)CC[C@@H](O)C1=C(CO[Si](c2ccccc2)(c2ccccc2)C(C)(C)C)C[C@H]2C(=O)N(c3cccc([N+](=O)[O-])c3)C(=O)[C@H]2[C@H]1CO. The third-order valence-electron chi connectivity index (χ3n) is 11.5. The van der Waals surface area contributed by atoms with E-state index in [-0.39, 0.29) is 41.6 Å². The molecule has 1 heterocycles. The fourth-order valence-corrected chi connectivity index (χ4v) is 13.7. The molecule has 57 heavy (non-hydrogen) atoms. The lowest BCUT2D eigenvalue weighted by Crippen LogP contribution is -2.66. The zero-order valence-corrected chi connectivity index (χ0v) is 35.2. The second-order valence-corrected chi connectivity index (χ2v) is 21.1. The molecule has 10 nitrogen and oxygen atoms in total. The first-order valence-corrected chi connectivity index (χ1v) is 22.0. The first kappa shape index (κ1) is 41.9. The number of aromatic hydroxyl groups is 1. The van der Waals surface area contributed by atoms with Gasteiger partial charge in [-0.15, -0.1) is 0 Å². The van der Waals surface area contributed by atoms with Crippen molar-refractivity contribution in [1.29, 1.82) is 0 Å². The monoisotopic (exact) mass is 852 g/mol. The molecule has 4 atom stereocenters. The van der Waals surface area contributed by atoms with Crippen LogP contribution in [-0.2, 0) is 14.0 Å². The number of anilines is 1. The van der Waals surface area contributed by atoms with Crippen LogP contribution in [0.1, 0.15) is 58.9 Å². The van der Waals surface area contributed by atoms with E-state index in [1.165, 1.54) is 24.3 Å². The molecule has 2 aliphatic rings. The van der Waals surface area contributed by atoms with Gasteiger partial charge in [-0.3, -0.25) is 19.7 Å². The van der Waals surface area contributed by atoms with E-state index in [0.29, 0.717) is 29.6 Å². The van der Waals surface area contributed by atoms with Crippen LogP contribution >= 0.6 is 15.9 Å². The number of rotatable bonds is 14. The van der Waals surface area contributed by atoms with E-state index in [4.69, 9.17) is 4.43 Å².